The Labute approximate surface area is 117 Å². The van der Waals surface area contributed by atoms with Crippen LogP contribution in [0.5, 0.6) is 0 Å². The molecule has 0 spiro atoms. The van der Waals surface area contributed by atoms with Crippen molar-refractivity contribution in [3.63, 3.8) is 0 Å². The van der Waals surface area contributed by atoms with Crippen LogP contribution in [-0.2, 0) is 12.6 Å². The molecule has 116 valence electrons. The maximum absolute atomic E-state index is 13.2. The molecule has 0 fully saturated rings. The first kappa shape index (κ1) is 17.0. The molecular formula is C13H22F3N3O. The predicted octanol–water partition coefficient (Wildman–Crippen LogP) is 2.20. The molecule has 1 atom stereocenters. The Morgan fingerprint density at radius 1 is 1.30 bits per heavy atom. The van der Waals surface area contributed by atoms with Gasteiger partial charge in [0.25, 0.3) is 0 Å². The number of aromatic nitrogens is 2. The van der Waals surface area contributed by atoms with Crippen LogP contribution in [0.15, 0.2) is 12.4 Å². The van der Waals surface area contributed by atoms with Gasteiger partial charge in [-0.2, -0.15) is 13.2 Å². The van der Waals surface area contributed by atoms with Gasteiger partial charge in [-0.15, -0.1) is 0 Å². The summed E-state index contributed by atoms with van der Waals surface area (Å²) < 4.78 is 40.7. The van der Waals surface area contributed by atoms with Gasteiger partial charge in [-0.25, -0.2) is 4.98 Å². The molecular weight excluding hydrogens is 271 g/mol. The largest absolute Gasteiger partial charge is 0.424 e. The number of rotatable bonds is 5. The fourth-order valence-electron chi connectivity index (χ4n) is 1.88. The second-order valence-corrected chi connectivity index (χ2v) is 6.21. The monoisotopic (exact) mass is 293 g/mol. The lowest BCUT2D eigenvalue weighted by Crippen LogP contribution is -2.46. The molecule has 0 aliphatic rings. The van der Waals surface area contributed by atoms with Gasteiger partial charge in [0.1, 0.15) is 5.82 Å². The van der Waals surface area contributed by atoms with E-state index in [4.69, 9.17) is 0 Å². The van der Waals surface area contributed by atoms with E-state index < -0.39 is 18.2 Å². The molecule has 4 nitrogen and oxygen atoms in total. The average molecular weight is 293 g/mol. The first-order valence-corrected chi connectivity index (χ1v) is 6.45. The SMILES string of the molecule is Cn1ccnc1C(O)(CCNCC(C)(C)C)C(F)(F)F. The predicted molar refractivity (Wildman–Crippen MR) is 70.1 cm³/mol. The Morgan fingerprint density at radius 3 is 2.30 bits per heavy atom. The fraction of sp³-hybridized carbons (Fsp3) is 0.769. The highest BCUT2D eigenvalue weighted by atomic mass is 19.4. The highest BCUT2D eigenvalue weighted by Crippen LogP contribution is 2.40. The van der Waals surface area contributed by atoms with E-state index in [0.29, 0.717) is 6.54 Å². The fourth-order valence-corrected chi connectivity index (χ4v) is 1.88. The maximum Gasteiger partial charge on any atom is 0.424 e. The molecule has 0 saturated carbocycles. The topological polar surface area (TPSA) is 50.1 Å². The number of hydrogen-bond acceptors (Lipinski definition) is 3. The van der Waals surface area contributed by atoms with Gasteiger partial charge in [-0.05, 0) is 18.5 Å². The van der Waals surface area contributed by atoms with E-state index in [1.807, 2.05) is 20.8 Å². The summed E-state index contributed by atoms with van der Waals surface area (Å²) in [5.74, 6) is -0.387. The Kier molecular flexibility index (Phi) is 4.86. The lowest BCUT2D eigenvalue weighted by atomic mass is 9.95. The summed E-state index contributed by atoms with van der Waals surface area (Å²) in [5, 5.41) is 13.0. The van der Waals surface area contributed by atoms with Crippen LogP contribution in [0.3, 0.4) is 0 Å². The van der Waals surface area contributed by atoms with Crippen molar-refractivity contribution in [1.29, 1.82) is 0 Å². The maximum atomic E-state index is 13.2. The zero-order chi connectivity index (χ0) is 15.6. The first-order chi connectivity index (χ1) is 8.97. The summed E-state index contributed by atoms with van der Waals surface area (Å²) in [6, 6.07) is 0. The zero-order valence-electron chi connectivity index (χ0n) is 12.3. The summed E-state index contributed by atoms with van der Waals surface area (Å²) in [7, 11) is 1.43. The van der Waals surface area contributed by atoms with Crippen LogP contribution in [0.1, 0.15) is 33.0 Å². The van der Waals surface area contributed by atoms with Crippen molar-refractivity contribution in [3.8, 4) is 0 Å². The molecule has 1 aromatic rings. The van der Waals surface area contributed by atoms with Crippen LogP contribution in [0.2, 0.25) is 0 Å². The molecule has 7 heteroatoms. The Hall–Kier alpha value is -1.08. The molecule has 0 aliphatic carbocycles. The second-order valence-electron chi connectivity index (χ2n) is 6.21. The smallest absolute Gasteiger partial charge is 0.374 e. The number of aliphatic hydroxyl groups is 1. The summed E-state index contributed by atoms with van der Waals surface area (Å²) in [6.45, 7) is 6.57. The molecule has 0 radical (unpaired) electrons. The van der Waals surface area contributed by atoms with Gasteiger partial charge in [0.05, 0.1) is 0 Å². The number of alkyl halides is 3. The van der Waals surface area contributed by atoms with Crippen LogP contribution in [0.25, 0.3) is 0 Å². The lowest BCUT2D eigenvalue weighted by Gasteiger charge is -2.30. The normalized spacial score (nSPS) is 16.2. The molecule has 0 saturated heterocycles. The molecule has 20 heavy (non-hydrogen) atoms. The van der Waals surface area contributed by atoms with Crippen molar-refractivity contribution in [2.75, 3.05) is 13.1 Å². The van der Waals surface area contributed by atoms with E-state index >= 15 is 0 Å². The number of halogens is 3. The third-order valence-electron chi connectivity index (χ3n) is 2.98. The van der Waals surface area contributed by atoms with Gasteiger partial charge >= 0.3 is 6.18 Å². The summed E-state index contributed by atoms with van der Waals surface area (Å²) in [4.78, 5) is 3.65. The summed E-state index contributed by atoms with van der Waals surface area (Å²) in [5.41, 5.74) is -2.96. The van der Waals surface area contributed by atoms with Crippen molar-refractivity contribution in [2.45, 2.75) is 39.0 Å². The van der Waals surface area contributed by atoms with Crippen molar-refractivity contribution in [1.82, 2.24) is 14.9 Å². The van der Waals surface area contributed by atoms with Crippen molar-refractivity contribution in [2.24, 2.45) is 12.5 Å². The van der Waals surface area contributed by atoms with Crippen LogP contribution in [-0.4, -0.2) is 33.9 Å². The van der Waals surface area contributed by atoms with E-state index in [-0.39, 0.29) is 17.8 Å². The van der Waals surface area contributed by atoms with E-state index in [9.17, 15) is 18.3 Å². The average Bonchev–Trinajstić information content (AvgIpc) is 2.68. The van der Waals surface area contributed by atoms with Crippen LogP contribution < -0.4 is 5.32 Å². The third-order valence-corrected chi connectivity index (χ3v) is 2.98. The minimum absolute atomic E-state index is 0.0282. The van der Waals surface area contributed by atoms with Gasteiger partial charge in [-0.3, -0.25) is 0 Å². The summed E-state index contributed by atoms with van der Waals surface area (Å²) >= 11 is 0. The van der Waals surface area contributed by atoms with Crippen LogP contribution in [0, 0.1) is 5.41 Å². The highest BCUT2D eigenvalue weighted by molar-refractivity contribution is 5.08. The molecule has 2 N–H and O–H groups in total. The number of aryl methyl sites for hydroxylation is 1. The van der Waals surface area contributed by atoms with E-state index in [0.717, 1.165) is 0 Å². The number of nitrogens with zero attached hydrogens (tertiary/aromatic N) is 2. The Bertz CT molecular complexity index is 437. The molecule has 1 heterocycles. The lowest BCUT2D eigenvalue weighted by molar-refractivity contribution is -0.272. The Balaban J connectivity index is 2.80. The number of imidazole rings is 1. The minimum atomic E-state index is -4.77. The minimum Gasteiger partial charge on any atom is -0.374 e. The molecule has 1 aromatic heterocycles. The second kappa shape index (κ2) is 5.73. The van der Waals surface area contributed by atoms with E-state index in [1.54, 1.807) is 0 Å². The molecule has 0 aromatic carbocycles. The highest BCUT2D eigenvalue weighted by Gasteiger charge is 2.56. The van der Waals surface area contributed by atoms with Gasteiger partial charge in [0.15, 0.2) is 0 Å². The molecule has 1 unspecified atom stereocenters. The zero-order valence-corrected chi connectivity index (χ0v) is 12.3. The van der Waals surface area contributed by atoms with Crippen molar-refractivity contribution < 1.29 is 18.3 Å². The van der Waals surface area contributed by atoms with Crippen molar-refractivity contribution in [3.05, 3.63) is 18.2 Å². The summed E-state index contributed by atoms with van der Waals surface area (Å²) in [6.07, 6.45) is -2.61. The van der Waals surface area contributed by atoms with Crippen LogP contribution >= 0.6 is 0 Å². The van der Waals surface area contributed by atoms with Gasteiger partial charge in [-0.1, -0.05) is 20.8 Å². The van der Waals surface area contributed by atoms with E-state index in [1.165, 1.54) is 24.0 Å². The molecule has 0 aliphatic heterocycles. The standard InChI is InChI=1S/C13H22F3N3O/c1-11(2,3)9-17-6-5-12(20,13(14,15)16)10-18-7-8-19(10)4/h7-8,17,20H,5-6,9H2,1-4H3. The number of nitrogens with one attached hydrogen (secondary N) is 1. The molecule has 0 amide bonds. The van der Waals surface area contributed by atoms with Gasteiger partial charge in [0.2, 0.25) is 5.60 Å². The van der Waals surface area contributed by atoms with E-state index in [2.05, 4.69) is 10.3 Å². The first-order valence-electron chi connectivity index (χ1n) is 6.45. The molecule has 1 rings (SSSR count). The Morgan fingerprint density at radius 2 is 1.90 bits per heavy atom. The van der Waals surface area contributed by atoms with Crippen LogP contribution in [0.4, 0.5) is 13.2 Å². The van der Waals surface area contributed by atoms with Crippen molar-refractivity contribution >= 4 is 0 Å². The van der Waals surface area contributed by atoms with Gasteiger partial charge < -0.3 is 15.0 Å². The molecule has 0 bridgehead atoms. The number of hydrogen-bond donors (Lipinski definition) is 2. The van der Waals surface area contributed by atoms with Gasteiger partial charge in [0, 0.05) is 25.9 Å². The third kappa shape index (κ3) is 3.96. The quantitative estimate of drug-likeness (QED) is 0.818.